The minimum absolute atomic E-state index is 0.0391. The van der Waals surface area contributed by atoms with Crippen molar-refractivity contribution >= 4 is 28.8 Å². The van der Waals surface area contributed by atoms with Crippen LogP contribution in [0, 0.1) is 13.8 Å². The fourth-order valence-corrected chi connectivity index (χ4v) is 7.28. The minimum Gasteiger partial charge on any atom is -0.355 e. The van der Waals surface area contributed by atoms with Gasteiger partial charge in [0.1, 0.15) is 5.01 Å². The Labute approximate surface area is 256 Å². The molecule has 1 unspecified atom stereocenters. The van der Waals surface area contributed by atoms with E-state index >= 15 is 0 Å². The molecule has 1 atom stereocenters. The van der Waals surface area contributed by atoms with Crippen molar-refractivity contribution in [3.63, 3.8) is 0 Å². The lowest BCUT2D eigenvalue weighted by molar-refractivity contribution is -0.118. The van der Waals surface area contributed by atoms with Crippen molar-refractivity contribution in [1.29, 1.82) is 0 Å². The molecule has 6 rings (SSSR count). The Morgan fingerprint density at radius 3 is 2.60 bits per heavy atom. The Balaban J connectivity index is 1.21. The van der Waals surface area contributed by atoms with Crippen LogP contribution >= 0.6 is 11.3 Å². The minimum atomic E-state index is -0.219. The van der Waals surface area contributed by atoms with E-state index in [0.29, 0.717) is 18.8 Å². The first-order valence-corrected chi connectivity index (χ1v) is 15.8. The summed E-state index contributed by atoms with van der Waals surface area (Å²) in [5, 5.41) is 15.2. The van der Waals surface area contributed by atoms with Crippen molar-refractivity contribution < 1.29 is 9.59 Å². The van der Waals surface area contributed by atoms with Crippen molar-refractivity contribution in [1.82, 2.24) is 30.3 Å². The van der Waals surface area contributed by atoms with Crippen LogP contribution in [-0.4, -0.2) is 58.2 Å². The Kier molecular flexibility index (Phi) is 8.43. The highest BCUT2D eigenvalue weighted by molar-refractivity contribution is 7.15. The van der Waals surface area contributed by atoms with Gasteiger partial charge < -0.3 is 20.9 Å². The molecular formula is C33H39N7O2S. The van der Waals surface area contributed by atoms with E-state index in [1.165, 1.54) is 23.1 Å². The molecule has 0 spiro atoms. The standard InChI is InChI=1S/C33H39N7O2S/c1-20-23(8-5-10-25(20)33-37-29-19-39(4)17-13-31(29)43-33)24-9-6-11-26(21(24)2)36-32(42)28-18-30-27(12-7-16-40(30)38-28)35-15-14-34-22(3)41/h5-6,8-11,18,27,35H,7,12-17,19H2,1-4H3,(H,34,41)(H,36,42). The molecule has 0 radical (unpaired) electrons. The number of nitrogens with zero attached hydrogens (tertiary/aromatic N) is 4. The van der Waals surface area contributed by atoms with Crippen molar-refractivity contribution in [3.05, 3.63) is 75.6 Å². The van der Waals surface area contributed by atoms with Gasteiger partial charge in [-0.3, -0.25) is 14.3 Å². The summed E-state index contributed by atoms with van der Waals surface area (Å²) in [6, 6.07) is 14.5. The van der Waals surface area contributed by atoms with Gasteiger partial charge in [0.05, 0.1) is 11.4 Å². The van der Waals surface area contributed by atoms with Gasteiger partial charge in [-0.15, -0.1) is 11.3 Å². The highest BCUT2D eigenvalue weighted by atomic mass is 32.1. The molecule has 3 N–H and O–H groups in total. The lowest BCUT2D eigenvalue weighted by Crippen LogP contribution is -2.34. The van der Waals surface area contributed by atoms with E-state index in [9.17, 15) is 9.59 Å². The molecule has 0 bridgehead atoms. The van der Waals surface area contributed by atoms with E-state index in [1.807, 2.05) is 34.2 Å². The fourth-order valence-electron chi connectivity index (χ4n) is 6.14. The number of thiazole rings is 1. The fraction of sp³-hybridized carbons (Fsp3) is 0.394. The lowest BCUT2D eigenvalue weighted by Gasteiger charge is -2.24. The molecule has 0 saturated heterocycles. The van der Waals surface area contributed by atoms with Crippen LogP contribution in [0.4, 0.5) is 5.69 Å². The summed E-state index contributed by atoms with van der Waals surface area (Å²) < 4.78 is 1.93. The number of carbonyl (C=O) groups is 2. The molecule has 4 aromatic rings. The predicted octanol–water partition coefficient (Wildman–Crippen LogP) is 5.09. The van der Waals surface area contributed by atoms with E-state index < -0.39 is 0 Å². The summed E-state index contributed by atoms with van der Waals surface area (Å²) in [6.45, 7) is 9.73. The lowest BCUT2D eigenvalue weighted by atomic mass is 9.93. The van der Waals surface area contributed by atoms with Crippen LogP contribution in [-0.2, 0) is 24.3 Å². The first kappa shape index (κ1) is 29.2. The number of amides is 2. The summed E-state index contributed by atoms with van der Waals surface area (Å²) in [5.41, 5.74) is 8.98. The highest BCUT2D eigenvalue weighted by Crippen LogP contribution is 2.38. The Morgan fingerprint density at radius 1 is 1.02 bits per heavy atom. The second kappa shape index (κ2) is 12.4. The second-order valence-electron chi connectivity index (χ2n) is 11.6. The zero-order chi connectivity index (χ0) is 30.1. The van der Waals surface area contributed by atoms with Gasteiger partial charge in [0.2, 0.25) is 5.91 Å². The molecular weight excluding hydrogens is 558 g/mol. The number of nitrogens with one attached hydrogen (secondary N) is 3. The Morgan fingerprint density at radius 2 is 1.79 bits per heavy atom. The van der Waals surface area contributed by atoms with Crippen LogP contribution in [0.3, 0.4) is 0 Å². The number of fused-ring (bicyclic) bond motifs is 2. The van der Waals surface area contributed by atoms with Crippen LogP contribution in [0.5, 0.6) is 0 Å². The molecule has 10 heteroatoms. The smallest absolute Gasteiger partial charge is 0.276 e. The van der Waals surface area contributed by atoms with Crippen molar-refractivity contribution in [2.75, 3.05) is 32.0 Å². The molecule has 9 nitrogen and oxygen atoms in total. The van der Waals surface area contributed by atoms with E-state index in [0.717, 1.165) is 77.5 Å². The maximum atomic E-state index is 13.4. The first-order chi connectivity index (χ1) is 20.8. The van der Waals surface area contributed by atoms with E-state index in [2.05, 4.69) is 71.1 Å². The average molecular weight is 598 g/mol. The number of aryl methyl sites for hydroxylation is 1. The van der Waals surface area contributed by atoms with Crippen LogP contribution in [0.15, 0.2) is 42.5 Å². The Bertz CT molecular complexity index is 1670. The molecule has 43 heavy (non-hydrogen) atoms. The second-order valence-corrected chi connectivity index (χ2v) is 12.7. The average Bonchev–Trinajstić information content (AvgIpc) is 3.61. The Hall–Kier alpha value is -3.86. The molecule has 4 heterocycles. The predicted molar refractivity (Wildman–Crippen MR) is 171 cm³/mol. The zero-order valence-electron chi connectivity index (χ0n) is 25.3. The van der Waals surface area contributed by atoms with Gasteiger partial charge in [0.25, 0.3) is 5.91 Å². The zero-order valence-corrected chi connectivity index (χ0v) is 26.1. The highest BCUT2D eigenvalue weighted by Gasteiger charge is 2.25. The van der Waals surface area contributed by atoms with Gasteiger partial charge in [-0.05, 0) is 74.5 Å². The number of rotatable bonds is 8. The summed E-state index contributed by atoms with van der Waals surface area (Å²) in [7, 11) is 2.15. The number of hydrogen-bond donors (Lipinski definition) is 3. The molecule has 2 amide bonds. The van der Waals surface area contributed by atoms with Gasteiger partial charge in [-0.2, -0.15) is 5.10 Å². The topological polar surface area (TPSA) is 104 Å². The molecule has 224 valence electrons. The van der Waals surface area contributed by atoms with E-state index in [1.54, 1.807) is 0 Å². The number of hydrogen-bond acceptors (Lipinski definition) is 7. The van der Waals surface area contributed by atoms with Gasteiger partial charge in [-0.25, -0.2) is 4.98 Å². The maximum Gasteiger partial charge on any atom is 0.276 e. The number of anilines is 1. The maximum absolute atomic E-state index is 13.4. The van der Waals surface area contributed by atoms with Crippen molar-refractivity contribution in [3.8, 4) is 21.7 Å². The third kappa shape index (κ3) is 6.13. The molecule has 0 aliphatic carbocycles. The van der Waals surface area contributed by atoms with Crippen LogP contribution < -0.4 is 16.0 Å². The first-order valence-electron chi connectivity index (χ1n) is 15.0. The van der Waals surface area contributed by atoms with Gasteiger partial charge in [0, 0.05) is 61.8 Å². The van der Waals surface area contributed by atoms with Crippen molar-refractivity contribution in [2.24, 2.45) is 0 Å². The summed E-state index contributed by atoms with van der Waals surface area (Å²) in [4.78, 5) is 33.4. The van der Waals surface area contributed by atoms with Gasteiger partial charge in [-0.1, -0.05) is 30.3 Å². The number of aromatic nitrogens is 3. The van der Waals surface area contributed by atoms with Crippen molar-refractivity contribution in [2.45, 2.75) is 59.2 Å². The summed E-state index contributed by atoms with van der Waals surface area (Å²) >= 11 is 1.81. The molecule has 2 aliphatic rings. The van der Waals surface area contributed by atoms with Crippen LogP contribution in [0.25, 0.3) is 21.7 Å². The monoisotopic (exact) mass is 597 g/mol. The molecule has 2 aromatic carbocycles. The SMILES string of the molecule is CC(=O)NCCNC1CCCn2nc(C(=O)Nc3cccc(-c4cccc(-c5nc6c(s5)CCN(C)C6)c4C)c3C)cc21. The largest absolute Gasteiger partial charge is 0.355 e. The third-order valence-electron chi connectivity index (χ3n) is 8.51. The molecule has 2 aromatic heterocycles. The molecule has 0 fully saturated rings. The molecule has 0 saturated carbocycles. The molecule has 2 aliphatic heterocycles. The number of benzene rings is 2. The van der Waals surface area contributed by atoms with E-state index in [4.69, 9.17) is 4.98 Å². The quantitative estimate of drug-likeness (QED) is 0.245. The number of likely N-dealkylation sites (N-methyl/N-ethyl adjacent to an activating group) is 1. The van der Waals surface area contributed by atoms with Gasteiger partial charge >= 0.3 is 0 Å². The van der Waals surface area contributed by atoms with Gasteiger partial charge in [0.15, 0.2) is 5.69 Å². The summed E-state index contributed by atoms with van der Waals surface area (Å²) in [5.74, 6) is -0.259. The number of carbonyl (C=O) groups excluding carboxylic acids is 2. The van der Waals surface area contributed by atoms with Crippen LogP contribution in [0.2, 0.25) is 0 Å². The third-order valence-corrected chi connectivity index (χ3v) is 9.70. The summed E-state index contributed by atoms with van der Waals surface area (Å²) in [6.07, 6.45) is 3.00. The van der Waals surface area contributed by atoms with Crippen LogP contribution in [0.1, 0.15) is 63.7 Å². The van der Waals surface area contributed by atoms with E-state index in [-0.39, 0.29) is 17.9 Å². The normalized spacial score (nSPS) is 16.4.